The summed E-state index contributed by atoms with van der Waals surface area (Å²) in [6.07, 6.45) is 5.69. The van der Waals surface area contributed by atoms with E-state index >= 15 is 0 Å². The lowest BCUT2D eigenvalue weighted by molar-refractivity contribution is 0.104. The van der Waals surface area contributed by atoms with Crippen molar-refractivity contribution in [2.45, 2.75) is 39.2 Å². The van der Waals surface area contributed by atoms with E-state index in [0.717, 1.165) is 11.1 Å². The molecule has 158 valence electrons. The molecule has 0 saturated heterocycles. The average molecular weight is 408 g/mol. The molecule has 30 heavy (non-hydrogen) atoms. The van der Waals surface area contributed by atoms with E-state index in [1.807, 2.05) is 13.0 Å². The first-order valence-electron chi connectivity index (χ1n) is 9.73. The van der Waals surface area contributed by atoms with Crippen molar-refractivity contribution < 1.29 is 25.2 Å². The zero-order valence-electron chi connectivity index (χ0n) is 17.3. The quantitative estimate of drug-likeness (QED) is 0.269. The highest BCUT2D eigenvalue weighted by Gasteiger charge is 2.15. The summed E-state index contributed by atoms with van der Waals surface area (Å²) in [5, 5.41) is 39.8. The minimum atomic E-state index is -0.559. The first-order chi connectivity index (χ1) is 14.2. The third-order valence-corrected chi connectivity index (χ3v) is 4.88. The number of hydrogen-bond donors (Lipinski definition) is 4. The zero-order valence-corrected chi connectivity index (χ0v) is 17.3. The summed E-state index contributed by atoms with van der Waals surface area (Å²) in [6, 6.07) is 9.15. The number of aliphatic hydroxyl groups is 1. The molecular formula is C25H28O5. The molecule has 0 heterocycles. The first kappa shape index (κ1) is 23.0. The van der Waals surface area contributed by atoms with Crippen LogP contribution in [0.25, 0.3) is 6.08 Å². The van der Waals surface area contributed by atoms with Crippen LogP contribution < -0.4 is 0 Å². The third-order valence-electron chi connectivity index (χ3n) is 4.88. The summed E-state index contributed by atoms with van der Waals surface area (Å²) in [5.41, 5.74) is 2.82. The number of allylic oxidation sites excluding steroid dienone is 3. The van der Waals surface area contributed by atoms with E-state index in [-0.39, 0.29) is 34.8 Å². The van der Waals surface area contributed by atoms with Gasteiger partial charge in [0.2, 0.25) is 0 Å². The van der Waals surface area contributed by atoms with Gasteiger partial charge in [0.25, 0.3) is 0 Å². The van der Waals surface area contributed by atoms with Crippen LogP contribution in [0.15, 0.2) is 66.3 Å². The molecule has 0 bridgehead atoms. The van der Waals surface area contributed by atoms with Gasteiger partial charge in [-0.15, -0.1) is 0 Å². The molecule has 0 amide bonds. The molecular weight excluding hydrogens is 380 g/mol. The SMILES string of the molecule is C=C(C)[C@H](O)CC/C(C)=C/Cc1c(O)ccc(C(=O)/C=C\c2ccc(O)cc2)c1O. The van der Waals surface area contributed by atoms with Crippen LogP contribution in [-0.4, -0.2) is 32.3 Å². The molecule has 5 heteroatoms. The number of benzene rings is 2. The minimum absolute atomic E-state index is 0.0856. The van der Waals surface area contributed by atoms with Crippen molar-refractivity contribution >= 4 is 11.9 Å². The number of carbonyl (C=O) groups excluding carboxylic acids is 1. The van der Waals surface area contributed by atoms with Gasteiger partial charge in [-0.25, -0.2) is 0 Å². The van der Waals surface area contributed by atoms with Gasteiger partial charge in [0.1, 0.15) is 17.2 Å². The second-order valence-corrected chi connectivity index (χ2v) is 7.40. The summed E-state index contributed by atoms with van der Waals surface area (Å²) in [4.78, 5) is 12.5. The van der Waals surface area contributed by atoms with Gasteiger partial charge in [0.15, 0.2) is 5.78 Å². The molecule has 0 unspecified atom stereocenters. The zero-order chi connectivity index (χ0) is 22.3. The normalized spacial score (nSPS) is 12.8. The van der Waals surface area contributed by atoms with E-state index in [0.29, 0.717) is 18.4 Å². The lowest BCUT2D eigenvalue weighted by atomic mass is 9.99. The van der Waals surface area contributed by atoms with Crippen LogP contribution in [0.1, 0.15) is 48.2 Å². The van der Waals surface area contributed by atoms with Crippen molar-refractivity contribution in [3.8, 4) is 17.2 Å². The van der Waals surface area contributed by atoms with Crippen molar-refractivity contribution in [1.29, 1.82) is 0 Å². The van der Waals surface area contributed by atoms with Crippen LogP contribution in [0.2, 0.25) is 0 Å². The molecule has 2 rings (SSSR count). The van der Waals surface area contributed by atoms with Gasteiger partial charge in [-0.05, 0) is 69.0 Å². The van der Waals surface area contributed by atoms with E-state index in [1.165, 1.54) is 30.3 Å². The Morgan fingerprint density at radius 3 is 2.37 bits per heavy atom. The Morgan fingerprint density at radius 2 is 1.73 bits per heavy atom. The van der Waals surface area contributed by atoms with Gasteiger partial charge in [-0.2, -0.15) is 0 Å². The topological polar surface area (TPSA) is 98.0 Å². The summed E-state index contributed by atoms with van der Waals surface area (Å²) < 4.78 is 0. The number of phenols is 3. The molecule has 0 aliphatic carbocycles. The molecule has 2 aromatic rings. The second-order valence-electron chi connectivity index (χ2n) is 7.40. The van der Waals surface area contributed by atoms with Gasteiger partial charge in [-0.3, -0.25) is 4.79 Å². The van der Waals surface area contributed by atoms with Crippen LogP contribution >= 0.6 is 0 Å². The number of carbonyl (C=O) groups is 1. The fourth-order valence-electron chi connectivity index (χ4n) is 2.86. The number of phenolic OH excluding ortho intramolecular Hbond substituents is 3. The van der Waals surface area contributed by atoms with Crippen LogP contribution in [0.4, 0.5) is 0 Å². The van der Waals surface area contributed by atoms with E-state index < -0.39 is 11.9 Å². The Hall–Kier alpha value is -3.31. The molecule has 0 radical (unpaired) electrons. The van der Waals surface area contributed by atoms with E-state index in [4.69, 9.17) is 0 Å². The fourth-order valence-corrected chi connectivity index (χ4v) is 2.86. The maximum Gasteiger partial charge on any atom is 0.189 e. The molecule has 0 aromatic heterocycles. The van der Waals surface area contributed by atoms with Gasteiger partial charge in [0, 0.05) is 5.56 Å². The second kappa shape index (κ2) is 10.5. The van der Waals surface area contributed by atoms with Gasteiger partial charge < -0.3 is 20.4 Å². The largest absolute Gasteiger partial charge is 0.508 e. The molecule has 0 fully saturated rings. The van der Waals surface area contributed by atoms with Crippen molar-refractivity contribution in [2.24, 2.45) is 0 Å². The van der Waals surface area contributed by atoms with E-state index in [9.17, 15) is 25.2 Å². The molecule has 0 aliphatic heterocycles. The standard InChI is InChI=1S/C25H28O5/c1-16(2)22(27)13-5-17(3)4-11-20-24(29)15-12-21(25(20)30)23(28)14-8-18-6-9-19(26)10-7-18/h4,6-10,12,14-15,22,26-27,29-30H,1,5,11,13H2,2-3H3/b14-8-,17-4+/t22-/m1/s1. The highest BCUT2D eigenvalue weighted by Crippen LogP contribution is 2.32. The number of aromatic hydroxyl groups is 3. The van der Waals surface area contributed by atoms with Crippen LogP contribution in [0, 0.1) is 0 Å². The first-order valence-corrected chi connectivity index (χ1v) is 9.73. The Bertz CT molecular complexity index is 968. The Kier molecular flexibility index (Phi) is 8.01. The van der Waals surface area contributed by atoms with Gasteiger partial charge in [0.05, 0.1) is 11.7 Å². The lowest BCUT2D eigenvalue weighted by Crippen LogP contribution is -2.06. The molecule has 2 aromatic carbocycles. The number of aliphatic hydroxyl groups excluding tert-OH is 1. The average Bonchev–Trinajstić information content (AvgIpc) is 2.71. The van der Waals surface area contributed by atoms with Crippen molar-refractivity contribution in [3.63, 3.8) is 0 Å². The Morgan fingerprint density at radius 1 is 1.07 bits per heavy atom. The van der Waals surface area contributed by atoms with Crippen molar-refractivity contribution in [3.05, 3.63) is 83.0 Å². The van der Waals surface area contributed by atoms with Gasteiger partial charge in [-0.1, -0.05) is 42.0 Å². The molecule has 0 spiro atoms. The smallest absolute Gasteiger partial charge is 0.189 e. The van der Waals surface area contributed by atoms with Crippen LogP contribution in [0.3, 0.4) is 0 Å². The highest BCUT2D eigenvalue weighted by molar-refractivity contribution is 6.09. The predicted molar refractivity (Wildman–Crippen MR) is 119 cm³/mol. The highest BCUT2D eigenvalue weighted by atomic mass is 16.3. The third kappa shape index (κ3) is 6.36. The van der Waals surface area contributed by atoms with Crippen molar-refractivity contribution in [1.82, 2.24) is 0 Å². The summed E-state index contributed by atoms with van der Waals surface area (Å²) in [7, 11) is 0. The van der Waals surface area contributed by atoms with Crippen LogP contribution in [-0.2, 0) is 6.42 Å². The maximum absolute atomic E-state index is 12.5. The van der Waals surface area contributed by atoms with Crippen LogP contribution in [0.5, 0.6) is 17.2 Å². The number of hydrogen-bond acceptors (Lipinski definition) is 5. The summed E-state index contributed by atoms with van der Waals surface area (Å²) in [5.74, 6) is -0.595. The van der Waals surface area contributed by atoms with E-state index in [2.05, 4.69) is 6.58 Å². The lowest BCUT2D eigenvalue weighted by Gasteiger charge is -2.11. The Balaban J connectivity index is 2.14. The molecule has 0 saturated carbocycles. The maximum atomic E-state index is 12.5. The predicted octanol–water partition coefficient (Wildman–Crippen LogP) is 4.91. The van der Waals surface area contributed by atoms with Gasteiger partial charge >= 0.3 is 0 Å². The molecule has 4 N–H and O–H groups in total. The van der Waals surface area contributed by atoms with Crippen molar-refractivity contribution in [2.75, 3.05) is 0 Å². The monoisotopic (exact) mass is 408 g/mol. The summed E-state index contributed by atoms with van der Waals surface area (Å²) in [6.45, 7) is 7.42. The minimum Gasteiger partial charge on any atom is -0.508 e. The Labute approximate surface area is 177 Å². The molecule has 5 nitrogen and oxygen atoms in total. The molecule has 1 atom stereocenters. The number of ketones is 1. The summed E-state index contributed by atoms with van der Waals surface area (Å²) >= 11 is 0. The molecule has 0 aliphatic rings. The van der Waals surface area contributed by atoms with E-state index in [1.54, 1.807) is 25.1 Å². The number of rotatable bonds is 9. The fraction of sp³-hybridized carbons (Fsp3) is 0.240.